The maximum absolute atomic E-state index is 6.14. The van der Waals surface area contributed by atoms with Gasteiger partial charge >= 0.3 is 0 Å². The van der Waals surface area contributed by atoms with Gasteiger partial charge in [0.25, 0.3) is 0 Å². The standard InChI is InChI=1S/C13H25N/c1-7-9-10(3)12(14)11(4)13(5,6)8-2/h7,9,11H,8,14H2,1-6H3/b9-7-,12-10+. The van der Waals surface area contributed by atoms with Gasteiger partial charge in [-0.25, -0.2) is 0 Å². The first-order valence-corrected chi connectivity index (χ1v) is 5.45. The Labute approximate surface area is 89.1 Å². The quantitative estimate of drug-likeness (QED) is 0.677. The van der Waals surface area contributed by atoms with Gasteiger partial charge < -0.3 is 5.73 Å². The number of hydrogen-bond donors (Lipinski definition) is 1. The number of hydrogen-bond acceptors (Lipinski definition) is 1. The molecule has 0 aromatic rings. The normalized spacial score (nSPS) is 17.0. The van der Waals surface area contributed by atoms with Crippen LogP contribution in [0.5, 0.6) is 0 Å². The van der Waals surface area contributed by atoms with Gasteiger partial charge in [0.05, 0.1) is 0 Å². The summed E-state index contributed by atoms with van der Waals surface area (Å²) in [5, 5.41) is 0. The van der Waals surface area contributed by atoms with Crippen molar-refractivity contribution in [1.29, 1.82) is 0 Å². The molecular weight excluding hydrogens is 170 g/mol. The molecule has 2 N–H and O–H groups in total. The topological polar surface area (TPSA) is 26.0 Å². The summed E-state index contributed by atoms with van der Waals surface area (Å²) in [6, 6.07) is 0. The van der Waals surface area contributed by atoms with Gasteiger partial charge in [0.1, 0.15) is 0 Å². The Kier molecular flexibility index (Phi) is 4.96. The average molecular weight is 195 g/mol. The zero-order valence-corrected chi connectivity index (χ0v) is 10.5. The predicted octanol–water partition coefficient (Wildman–Crippen LogP) is 3.87. The molecule has 0 aromatic carbocycles. The molecule has 0 saturated carbocycles. The number of nitrogens with two attached hydrogens (primary N) is 1. The molecule has 0 aliphatic rings. The zero-order valence-electron chi connectivity index (χ0n) is 10.5. The maximum Gasteiger partial charge on any atom is 0.0144 e. The minimum absolute atomic E-state index is 0.285. The monoisotopic (exact) mass is 195 g/mol. The van der Waals surface area contributed by atoms with E-state index >= 15 is 0 Å². The lowest BCUT2D eigenvalue weighted by Crippen LogP contribution is -2.26. The van der Waals surface area contributed by atoms with Gasteiger partial charge in [-0.2, -0.15) is 0 Å². The fourth-order valence-corrected chi connectivity index (χ4v) is 1.41. The minimum atomic E-state index is 0.285. The van der Waals surface area contributed by atoms with E-state index in [1.165, 1.54) is 5.57 Å². The van der Waals surface area contributed by atoms with Crippen LogP contribution in [0.1, 0.15) is 48.0 Å². The first-order chi connectivity index (χ1) is 6.36. The molecular formula is C13H25N. The van der Waals surface area contributed by atoms with Crippen molar-refractivity contribution >= 4 is 0 Å². The van der Waals surface area contributed by atoms with Crippen molar-refractivity contribution < 1.29 is 0 Å². The second kappa shape index (κ2) is 5.23. The molecule has 82 valence electrons. The first kappa shape index (κ1) is 13.3. The fraction of sp³-hybridized carbons (Fsp3) is 0.692. The first-order valence-electron chi connectivity index (χ1n) is 5.45. The van der Waals surface area contributed by atoms with Crippen LogP contribution in [0.4, 0.5) is 0 Å². The zero-order chi connectivity index (χ0) is 11.4. The van der Waals surface area contributed by atoms with Crippen LogP contribution in [-0.4, -0.2) is 0 Å². The summed E-state index contributed by atoms with van der Waals surface area (Å²) in [6.45, 7) is 13.1. The van der Waals surface area contributed by atoms with Gasteiger partial charge in [0, 0.05) is 11.6 Å². The van der Waals surface area contributed by atoms with Crippen LogP contribution in [-0.2, 0) is 0 Å². The molecule has 1 nitrogen and oxygen atoms in total. The van der Waals surface area contributed by atoms with Gasteiger partial charge in [-0.1, -0.05) is 46.3 Å². The third-order valence-electron chi connectivity index (χ3n) is 3.42. The van der Waals surface area contributed by atoms with Crippen molar-refractivity contribution in [1.82, 2.24) is 0 Å². The van der Waals surface area contributed by atoms with E-state index in [0.717, 1.165) is 12.1 Å². The number of allylic oxidation sites excluding steroid dienone is 4. The van der Waals surface area contributed by atoms with E-state index in [9.17, 15) is 0 Å². The summed E-state index contributed by atoms with van der Waals surface area (Å²) in [5.74, 6) is 0.434. The molecule has 0 aliphatic heterocycles. The lowest BCUT2D eigenvalue weighted by Gasteiger charge is -2.31. The van der Waals surface area contributed by atoms with Gasteiger partial charge in [-0.05, 0) is 24.8 Å². The smallest absolute Gasteiger partial charge is 0.0144 e. The van der Waals surface area contributed by atoms with Gasteiger partial charge in [-0.15, -0.1) is 0 Å². The maximum atomic E-state index is 6.14. The largest absolute Gasteiger partial charge is 0.402 e. The molecule has 0 amide bonds. The van der Waals surface area contributed by atoms with Crippen LogP contribution in [0.3, 0.4) is 0 Å². The molecule has 1 unspecified atom stereocenters. The van der Waals surface area contributed by atoms with E-state index in [1.807, 2.05) is 13.0 Å². The molecule has 1 atom stereocenters. The summed E-state index contributed by atoms with van der Waals surface area (Å²) < 4.78 is 0. The van der Waals surface area contributed by atoms with Gasteiger partial charge in [0.15, 0.2) is 0 Å². The SMILES string of the molecule is C/C=C\C(C)=C(\N)C(C)C(C)(C)CC. The van der Waals surface area contributed by atoms with Crippen LogP contribution >= 0.6 is 0 Å². The second-order valence-corrected chi connectivity index (χ2v) is 4.70. The fourth-order valence-electron chi connectivity index (χ4n) is 1.41. The van der Waals surface area contributed by atoms with Crippen molar-refractivity contribution in [3.8, 4) is 0 Å². The average Bonchev–Trinajstić information content (AvgIpc) is 2.15. The molecule has 0 heterocycles. The molecule has 0 bridgehead atoms. The van der Waals surface area contributed by atoms with Crippen molar-refractivity contribution in [2.75, 3.05) is 0 Å². The summed E-state index contributed by atoms with van der Waals surface area (Å²) >= 11 is 0. The van der Waals surface area contributed by atoms with E-state index < -0.39 is 0 Å². The molecule has 0 spiro atoms. The van der Waals surface area contributed by atoms with Crippen LogP contribution in [0, 0.1) is 11.3 Å². The highest BCUT2D eigenvalue weighted by Gasteiger charge is 2.26. The Bertz CT molecular complexity index is 234. The second-order valence-electron chi connectivity index (χ2n) is 4.70. The molecule has 0 aliphatic carbocycles. The van der Waals surface area contributed by atoms with Crippen LogP contribution in [0.15, 0.2) is 23.4 Å². The predicted molar refractivity (Wildman–Crippen MR) is 64.9 cm³/mol. The van der Waals surface area contributed by atoms with Gasteiger partial charge in [0.2, 0.25) is 0 Å². The summed E-state index contributed by atoms with van der Waals surface area (Å²) in [7, 11) is 0. The Balaban J connectivity index is 4.86. The highest BCUT2D eigenvalue weighted by Crippen LogP contribution is 2.34. The van der Waals surface area contributed by atoms with Crippen molar-refractivity contribution in [2.45, 2.75) is 48.0 Å². The van der Waals surface area contributed by atoms with Crippen LogP contribution in [0.25, 0.3) is 0 Å². The minimum Gasteiger partial charge on any atom is -0.402 e. The Morgan fingerprint density at radius 1 is 1.43 bits per heavy atom. The molecule has 0 aromatic heterocycles. The molecule has 0 fully saturated rings. The van der Waals surface area contributed by atoms with Gasteiger partial charge in [-0.3, -0.25) is 0 Å². The molecule has 0 rings (SSSR count). The Morgan fingerprint density at radius 2 is 1.93 bits per heavy atom. The van der Waals surface area contributed by atoms with Crippen molar-refractivity contribution in [3.05, 3.63) is 23.4 Å². The van der Waals surface area contributed by atoms with Crippen molar-refractivity contribution in [3.63, 3.8) is 0 Å². The Morgan fingerprint density at radius 3 is 2.29 bits per heavy atom. The van der Waals surface area contributed by atoms with Crippen LogP contribution in [0.2, 0.25) is 0 Å². The molecule has 14 heavy (non-hydrogen) atoms. The highest BCUT2D eigenvalue weighted by atomic mass is 14.6. The molecule has 0 radical (unpaired) electrons. The lowest BCUT2D eigenvalue weighted by molar-refractivity contribution is 0.252. The third-order valence-corrected chi connectivity index (χ3v) is 3.42. The molecule has 1 heteroatoms. The number of rotatable bonds is 4. The molecule has 0 saturated heterocycles. The van der Waals surface area contributed by atoms with E-state index in [-0.39, 0.29) is 5.41 Å². The van der Waals surface area contributed by atoms with Crippen molar-refractivity contribution in [2.24, 2.45) is 17.1 Å². The van der Waals surface area contributed by atoms with E-state index in [2.05, 4.69) is 40.7 Å². The van der Waals surface area contributed by atoms with Crippen LogP contribution < -0.4 is 5.73 Å². The third kappa shape index (κ3) is 3.21. The highest BCUT2D eigenvalue weighted by molar-refractivity contribution is 5.23. The van der Waals surface area contributed by atoms with E-state index in [0.29, 0.717) is 5.92 Å². The summed E-state index contributed by atoms with van der Waals surface area (Å²) in [5.41, 5.74) is 8.64. The van der Waals surface area contributed by atoms with E-state index in [4.69, 9.17) is 5.73 Å². The summed E-state index contributed by atoms with van der Waals surface area (Å²) in [4.78, 5) is 0. The Hall–Kier alpha value is -0.720. The summed E-state index contributed by atoms with van der Waals surface area (Å²) in [6.07, 6.45) is 5.27. The van der Waals surface area contributed by atoms with E-state index in [1.54, 1.807) is 0 Å². The lowest BCUT2D eigenvalue weighted by atomic mass is 9.75.